The van der Waals surface area contributed by atoms with E-state index in [0.29, 0.717) is 6.42 Å². The van der Waals surface area contributed by atoms with Gasteiger partial charge in [0.2, 0.25) is 0 Å². The minimum atomic E-state index is -0.931. The Kier molecular flexibility index (Phi) is 3.77. The summed E-state index contributed by atoms with van der Waals surface area (Å²) in [5.41, 5.74) is 0. The molecule has 0 heterocycles. The lowest BCUT2D eigenvalue weighted by molar-refractivity contribution is 0.0240. The Balaban J connectivity index is 3.58. The number of aliphatic hydroxyl groups excluding tert-OH is 3. The van der Waals surface area contributed by atoms with Crippen LogP contribution in [0.15, 0.2) is 0 Å². The Morgan fingerprint density at radius 1 is 1.44 bits per heavy atom. The average molecular weight is 133 g/mol. The zero-order valence-electron chi connectivity index (χ0n) is 5.70. The summed E-state index contributed by atoms with van der Waals surface area (Å²) >= 11 is 0. The van der Waals surface area contributed by atoms with Gasteiger partial charge < -0.3 is 15.3 Å². The third-order valence-corrected chi connectivity index (χ3v) is 1.16. The van der Waals surface area contributed by atoms with Gasteiger partial charge in [0.25, 0.3) is 0 Å². The van der Waals surface area contributed by atoms with Crippen LogP contribution in [0.25, 0.3) is 0 Å². The summed E-state index contributed by atoms with van der Waals surface area (Å²) in [5, 5.41) is 26.3. The predicted molar refractivity (Wildman–Crippen MR) is 33.2 cm³/mol. The quantitative estimate of drug-likeness (QED) is 0.509. The normalized spacial score (nSPS) is 18.0. The first-order chi connectivity index (χ1) is 4.09. The van der Waals surface area contributed by atoms with Gasteiger partial charge in [0, 0.05) is 0 Å². The molecule has 0 fully saturated rings. The van der Waals surface area contributed by atoms with Crippen LogP contribution in [-0.2, 0) is 0 Å². The molecule has 0 aromatic carbocycles. The molecule has 0 aliphatic rings. The van der Waals surface area contributed by atoms with Crippen molar-refractivity contribution < 1.29 is 15.3 Å². The first-order valence-electron chi connectivity index (χ1n) is 3.01. The van der Waals surface area contributed by atoms with Gasteiger partial charge in [-0.05, 0) is 13.3 Å². The van der Waals surface area contributed by atoms with Crippen LogP contribution >= 0.6 is 0 Å². The highest BCUT2D eigenvalue weighted by molar-refractivity contribution is 4.88. The van der Waals surface area contributed by atoms with Crippen LogP contribution in [0.1, 0.15) is 20.3 Å². The lowest BCUT2D eigenvalue weighted by Crippen LogP contribution is -2.26. The molecule has 0 aliphatic carbocycles. The molecule has 2 atom stereocenters. The van der Waals surface area contributed by atoms with Crippen molar-refractivity contribution in [2.75, 3.05) is 0 Å². The van der Waals surface area contributed by atoms with Crippen molar-refractivity contribution in [3.8, 4) is 0 Å². The number of hydrogen-bond acceptors (Lipinski definition) is 3. The molecule has 1 radical (unpaired) electrons. The lowest BCUT2D eigenvalue weighted by Gasteiger charge is -2.16. The van der Waals surface area contributed by atoms with Gasteiger partial charge >= 0.3 is 0 Å². The van der Waals surface area contributed by atoms with Crippen LogP contribution in [-0.4, -0.2) is 27.5 Å². The molecule has 9 heavy (non-hydrogen) atoms. The van der Waals surface area contributed by atoms with E-state index in [9.17, 15) is 0 Å². The fourth-order valence-corrected chi connectivity index (χ4v) is 0.488. The lowest BCUT2D eigenvalue weighted by atomic mass is 10.1. The molecular formula is C6H13O3. The van der Waals surface area contributed by atoms with Gasteiger partial charge in [-0.15, -0.1) is 0 Å². The smallest absolute Gasteiger partial charge is 0.149 e. The molecule has 0 aromatic heterocycles. The Hall–Kier alpha value is -0.120. The fourth-order valence-electron chi connectivity index (χ4n) is 0.488. The largest absolute Gasteiger partial charge is 0.390 e. The molecule has 0 amide bonds. The van der Waals surface area contributed by atoms with Gasteiger partial charge in [-0.1, -0.05) is 6.92 Å². The van der Waals surface area contributed by atoms with Gasteiger partial charge in [-0.25, -0.2) is 0 Å². The topological polar surface area (TPSA) is 60.7 Å². The van der Waals surface area contributed by atoms with Crippen LogP contribution in [0.3, 0.4) is 0 Å². The van der Waals surface area contributed by atoms with Gasteiger partial charge in [-0.2, -0.15) is 0 Å². The highest BCUT2D eigenvalue weighted by Crippen LogP contribution is 2.09. The molecule has 3 nitrogen and oxygen atoms in total. The molecule has 55 valence electrons. The summed E-state index contributed by atoms with van der Waals surface area (Å²) in [5.74, 6) is 0. The Labute approximate surface area is 54.9 Å². The summed E-state index contributed by atoms with van der Waals surface area (Å²) in [6.07, 6.45) is -1.64. The molecular weight excluding hydrogens is 120 g/mol. The molecule has 3 N–H and O–H groups in total. The highest BCUT2D eigenvalue weighted by Gasteiger charge is 2.20. The van der Waals surface area contributed by atoms with Crippen LogP contribution in [0, 0.1) is 6.10 Å². The van der Waals surface area contributed by atoms with E-state index < -0.39 is 12.2 Å². The zero-order valence-corrected chi connectivity index (χ0v) is 5.70. The van der Waals surface area contributed by atoms with Crippen molar-refractivity contribution in [1.29, 1.82) is 0 Å². The Bertz CT molecular complexity index is 72.7. The van der Waals surface area contributed by atoms with Gasteiger partial charge in [0.05, 0.1) is 12.2 Å². The van der Waals surface area contributed by atoms with Gasteiger partial charge in [0.15, 0.2) is 0 Å². The van der Waals surface area contributed by atoms with Crippen molar-refractivity contribution in [3.05, 3.63) is 6.10 Å². The third-order valence-electron chi connectivity index (χ3n) is 1.16. The molecule has 2 unspecified atom stereocenters. The Morgan fingerprint density at radius 2 is 1.89 bits per heavy atom. The predicted octanol–water partition coefficient (Wildman–Crippen LogP) is 0.0426. The summed E-state index contributed by atoms with van der Waals surface area (Å²) < 4.78 is 0. The number of hydrogen-bond donors (Lipinski definition) is 3. The molecule has 0 bridgehead atoms. The monoisotopic (exact) mass is 133 g/mol. The molecule has 3 heteroatoms. The maximum Gasteiger partial charge on any atom is 0.149 e. The molecule has 0 spiro atoms. The molecule has 0 saturated carbocycles. The minimum absolute atomic E-state index is 0.252. The SMILES string of the molecule is CCC(O)[C](O)C(C)O. The van der Waals surface area contributed by atoms with E-state index in [4.69, 9.17) is 15.3 Å². The number of rotatable bonds is 3. The molecule has 0 aromatic rings. The minimum Gasteiger partial charge on any atom is -0.390 e. The van der Waals surface area contributed by atoms with Crippen molar-refractivity contribution in [2.24, 2.45) is 0 Å². The van der Waals surface area contributed by atoms with E-state index in [-0.39, 0.29) is 6.10 Å². The first-order valence-corrected chi connectivity index (χ1v) is 3.01. The van der Waals surface area contributed by atoms with Crippen LogP contribution < -0.4 is 0 Å². The second-order valence-electron chi connectivity index (χ2n) is 2.02. The van der Waals surface area contributed by atoms with Crippen LogP contribution in [0.4, 0.5) is 0 Å². The van der Waals surface area contributed by atoms with E-state index in [1.807, 2.05) is 0 Å². The highest BCUT2D eigenvalue weighted by atomic mass is 16.4. The third kappa shape index (κ3) is 2.79. The molecule has 0 saturated heterocycles. The second-order valence-corrected chi connectivity index (χ2v) is 2.02. The first kappa shape index (κ1) is 8.88. The van der Waals surface area contributed by atoms with E-state index in [1.165, 1.54) is 6.92 Å². The van der Waals surface area contributed by atoms with Crippen molar-refractivity contribution in [2.45, 2.75) is 32.5 Å². The van der Waals surface area contributed by atoms with Crippen molar-refractivity contribution in [1.82, 2.24) is 0 Å². The van der Waals surface area contributed by atoms with Crippen molar-refractivity contribution >= 4 is 0 Å². The summed E-state index contributed by atoms with van der Waals surface area (Å²) in [6.45, 7) is 3.14. The molecule has 0 rings (SSSR count). The fraction of sp³-hybridized carbons (Fsp3) is 0.833. The van der Waals surface area contributed by atoms with Crippen molar-refractivity contribution in [3.63, 3.8) is 0 Å². The zero-order chi connectivity index (χ0) is 7.44. The average Bonchev–Trinajstić information content (AvgIpc) is 1.84. The summed E-state index contributed by atoms with van der Waals surface area (Å²) in [6, 6.07) is 0. The number of aliphatic hydroxyl groups is 3. The van der Waals surface area contributed by atoms with E-state index in [1.54, 1.807) is 6.92 Å². The van der Waals surface area contributed by atoms with Gasteiger partial charge in [0.1, 0.15) is 6.10 Å². The van der Waals surface area contributed by atoms with Gasteiger partial charge in [-0.3, -0.25) is 0 Å². The van der Waals surface area contributed by atoms with E-state index >= 15 is 0 Å². The maximum absolute atomic E-state index is 8.85. The molecule has 0 aliphatic heterocycles. The summed E-state index contributed by atoms with van der Waals surface area (Å²) in [4.78, 5) is 0. The maximum atomic E-state index is 8.85. The van der Waals surface area contributed by atoms with Crippen LogP contribution in [0.2, 0.25) is 0 Å². The van der Waals surface area contributed by atoms with Crippen LogP contribution in [0.5, 0.6) is 0 Å². The summed E-state index contributed by atoms with van der Waals surface area (Å²) in [7, 11) is 0. The Morgan fingerprint density at radius 3 is 2.00 bits per heavy atom. The standard InChI is InChI=1S/C6H13O3/c1-3-5(8)6(9)4(2)7/h4-5,7-9H,3H2,1-2H3. The van der Waals surface area contributed by atoms with E-state index in [0.717, 1.165) is 0 Å². The van der Waals surface area contributed by atoms with E-state index in [2.05, 4.69) is 0 Å². The second kappa shape index (κ2) is 3.82.